The summed E-state index contributed by atoms with van der Waals surface area (Å²) >= 11 is 14.8. The molecule has 13 nitrogen and oxygen atoms in total. The van der Waals surface area contributed by atoms with Crippen LogP contribution in [0.5, 0.6) is 23.0 Å². The number of fused-ring (bicyclic) bond motifs is 2. The summed E-state index contributed by atoms with van der Waals surface area (Å²) in [6, 6.07) is 41.9. The second-order valence-corrected chi connectivity index (χ2v) is 22.0. The second-order valence-electron chi connectivity index (χ2n) is 21.2. The first kappa shape index (κ1) is 60.6. The number of aromatic nitrogens is 2. The zero-order valence-electron chi connectivity index (χ0n) is 48.0. The minimum atomic E-state index is -1.12. The van der Waals surface area contributed by atoms with Crippen molar-refractivity contribution >= 4 is 80.8 Å². The summed E-state index contributed by atoms with van der Waals surface area (Å²) in [5.41, 5.74) is 7.23. The molecule has 0 saturated heterocycles. The summed E-state index contributed by atoms with van der Waals surface area (Å²) in [5, 5.41) is 0.807. The predicted molar refractivity (Wildman–Crippen MR) is 334 cm³/mol. The van der Waals surface area contributed by atoms with Crippen LogP contribution in [0.25, 0.3) is 22.3 Å². The molecule has 95 heavy (non-hydrogen) atoms. The first-order valence-electron chi connectivity index (χ1n) is 28.3. The molecule has 10 aromatic rings. The third-order valence-electron chi connectivity index (χ3n) is 15.5. The fourth-order valence-corrected chi connectivity index (χ4v) is 11.5. The van der Waals surface area contributed by atoms with Crippen LogP contribution >= 0.6 is 23.2 Å². The van der Waals surface area contributed by atoms with Gasteiger partial charge >= 0.3 is 23.9 Å². The Bertz CT molecular complexity index is 5270. The third kappa shape index (κ3) is 11.1. The molecule has 0 fully saturated rings. The normalized spacial score (nSPS) is 16.4. The maximum atomic E-state index is 14.8. The number of nitrogens with zero attached hydrogens (tertiary/aromatic N) is 4. The average molecular weight is 1320 g/mol. The number of carbonyl (C=O) groups is 4. The van der Waals surface area contributed by atoms with Gasteiger partial charge in [0.05, 0.1) is 77.2 Å². The summed E-state index contributed by atoms with van der Waals surface area (Å²) in [5.74, 6) is -17.0. The number of rotatable bonds is 12. The molecule has 6 heterocycles. The lowest BCUT2D eigenvalue weighted by molar-refractivity contribution is 0.0711. The van der Waals surface area contributed by atoms with Gasteiger partial charge in [-0.3, -0.25) is 0 Å². The number of ether oxygens (including phenoxy) is 4. The Morgan fingerprint density at radius 1 is 0.347 bits per heavy atom. The standard InChI is InChI=1S/C72H35Cl2F8N5O8/c73-43-33-53-59(35-13-21-39(22-14-35)69(88)92-65-45(75)5-1-6-46(65)76)55-29-31-57-61(37-17-25-41(26-18-37)71(90)94-67-49(79)9-3-10-50(67)80)64-44(74)34-54(84-64)60(36-15-23-40(24-16-36)70(89)93-66-47(77)7-2-8-48(66)78)56-30-32-58(87(56)85-86(55)57)62(63(43)83-53)38-19-27-42(28-20-38)72(91)95-68-51(81)11-4-12-52(68)82/h1-34,85H/b59-53-,59-55?,60-54?,60-56+,61-57?,62-58-,63-62?,64-61-. The van der Waals surface area contributed by atoms with Crippen molar-refractivity contribution in [3.63, 3.8) is 0 Å². The molecule has 0 radical (unpaired) electrons. The van der Waals surface area contributed by atoms with Crippen molar-refractivity contribution < 1.29 is 73.2 Å². The maximum Gasteiger partial charge on any atom is 0.343 e. The molecule has 6 bridgehead atoms. The van der Waals surface area contributed by atoms with E-state index in [2.05, 4.69) is 5.53 Å². The molecule has 0 saturated carbocycles. The molecule has 466 valence electrons. The maximum absolute atomic E-state index is 14.8. The van der Waals surface area contributed by atoms with Crippen molar-refractivity contribution in [2.75, 3.05) is 5.53 Å². The number of nitrogens with one attached hydrogen (secondary N) is 1. The number of hydrogen-bond donors (Lipinski definition) is 1. The Labute approximate surface area is 540 Å². The molecule has 1 N–H and O–H groups in total. The van der Waals surface area contributed by atoms with E-state index in [1.54, 1.807) is 45.8 Å². The van der Waals surface area contributed by atoms with Crippen molar-refractivity contribution in [2.24, 2.45) is 9.98 Å². The number of hydrogen-bond acceptors (Lipinski definition) is 11. The third-order valence-corrected chi connectivity index (χ3v) is 16.1. The zero-order chi connectivity index (χ0) is 66.1. The van der Waals surface area contributed by atoms with Crippen LogP contribution in [-0.2, 0) is 0 Å². The quantitative estimate of drug-likeness (QED) is 0.0716. The average Bonchev–Trinajstić information content (AvgIpc) is 1.58. The van der Waals surface area contributed by atoms with Gasteiger partial charge in [-0.2, -0.15) is 0 Å². The fraction of sp³-hybridized carbons (Fsp3) is 0. The molecule has 0 aliphatic carbocycles. The van der Waals surface area contributed by atoms with E-state index in [1.165, 1.54) is 97.1 Å². The molecular formula is C72H35Cl2F8N5O8. The van der Waals surface area contributed by atoms with Gasteiger partial charge in [-0.05, 0) is 156 Å². The van der Waals surface area contributed by atoms with Crippen molar-refractivity contribution in [2.45, 2.75) is 0 Å². The summed E-state index contributed by atoms with van der Waals surface area (Å²) in [7, 11) is 0. The molecule has 4 aliphatic heterocycles. The molecule has 14 rings (SSSR count). The Morgan fingerprint density at radius 2 is 0.674 bits per heavy atom. The van der Waals surface area contributed by atoms with Crippen molar-refractivity contribution in [1.29, 1.82) is 0 Å². The lowest BCUT2D eigenvalue weighted by Gasteiger charge is -2.24. The molecule has 8 aromatic carbocycles. The molecule has 23 heteroatoms. The summed E-state index contributed by atoms with van der Waals surface area (Å²) in [6.45, 7) is 0. The minimum Gasteiger partial charge on any atom is -0.417 e. The lowest BCUT2D eigenvalue weighted by Crippen LogP contribution is -2.42. The minimum absolute atomic E-state index is 0.0798. The highest BCUT2D eigenvalue weighted by Gasteiger charge is 2.33. The van der Waals surface area contributed by atoms with Gasteiger partial charge in [0, 0.05) is 22.3 Å². The highest BCUT2D eigenvalue weighted by atomic mass is 35.5. The van der Waals surface area contributed by atoms with E-state index in [-0.39, 0.29) is 55.1 Å². The van der Waals surface area contributed by atoms with E-state index in [1.807, 2.05) is 0 Å². The SMILES string of the molecule is O=C(Oc1c(F)cccc1F)c1ccc(/C2=C3\C=C(Cl)C(=N3)/C(c3ccc(C(=O)Oc4c(F)cccc4F)cc3)=c3/cc/c4n3Nn3c2ccc3/C(c2ccc(C(=O)Oc3c(F)cccc3F)cc2)=C2N=C(C=C\2Cl)/C=4c2ccc(C(=O)Oc3c(F)cccc3F)cc2)cc1. The van der Waals surface area contributed by atoms with Gasteiger partial charge in [-0.25, -0.2) is 79.2 Å². The van der Waals surface area contributed by atoms with E-state index < -0.39 is 93.4 Å². The van der Waals surface area contributed by atoms with E-state index >= 15 is 0 Å². The molecule has 0 spiro atoms. The Hall–Kier alpha value is -11.9. The second kappa shape index (κ2) is 24.3. The van der Waals surface area contributed by atoms with Crippen LogP contribution in [0.2, 0.25) is 0 Å². The van der Waals surface area contributed by atoms with Gasteiger partial charge < -0.3 is 18.9 Å². The van der Waals surface area contributed by atoms with Gasteiger partial charge in [-0.15, -0.1) is 0 Å². The molecule has 4 aliphatic rings. The van der Waals surface area contributed by atoms with Crippen LogP contribution in [0.3, 0.4) is 0 Å². The number of carbonyl (C=O) groups excluding carboxylic acids is 4. The Balaban J connectivity index is 1.00. The first-order chi connectivity index (χ1) is 45.9. The van der Waals surface area contributed by atoms with Crippen molar-refractivity contribution in [3.8, 4) is 23.0 Å². The van der Waals surface area contributed by atoms with E-state index in [4.69, 9.17) is 52.1 Å². The molecule has 2 aromatic heterocycles. The molecule has 0 atom stereocenters. The fourth-order valence-electron chi connectivity index (χ4n) is 11.0. The lowest BCUT2D eigenvalue weighted by atomic mass is 9.99. The topological polar surface area (TPSA) is 152 Å². The van der Waals surface area contributed by atoms with Gasteiger partial charge in [-0.1, -0.05) is 96.0 Å². The molecule has 0 unspecified atom stereocenters. The molecular weight excluding hydrogens is 1290 g/mol. The number of allylic oxidation sites excluding steroid dienone is 4. The number of benzene rings is 8. The first-order valence-corrected chi connectivity index (χ1v) is 29.1. The van der Waals surface area contributed by atoms with Gasteiger partial charge in [0.1, 0.15) is 0 Å². The van der Waals surface area contributed by atoms with Gasteiger partial charge in [0.25, 0.3) is 0 Å². The Morgan fingerprint density at radius 3 is 1.05 bits per heavy atom. The summed E-state index contributed by atoms with van der Waals surface area (Å²) in [4.78, 5) is 64.9. The van der Waals surface area contributed by atoms with Gasteiger partial charge in [0.15, 0.2) is 46.5 Å². The van der Waals surface area contributed by atoms with Crippen molar-refractivity contribution in [1.82, 2.24) is 9.35 Å². The monoisotopic (exact) mass is 1320 g/mol. The van der Waals surface area contributed by atoms with Crippen LogP contribution in [0.4, 0.5) is 35.1 Å². The van der Waals surface area contributed by atoms with Crippen molar-refractivity contribution in [3.05, 3.63) is 341 Å². The molecule has 0 amide bonds. The van der Waals surface area contributed by atoms with Crippen LogP contribution in [0.15, 0.2) is 238 Å². The highest BCUT2D eigenvalue weighted by molar-refractivity contribution is 6.53. The van der Waals surface area contributed by atoms with Crippen LogP contribution in [0.1, 0.15) is 75.1 Å². The largest absolute Gasteiger partial charge is 0.417 e. The van der Waals surface area contributed by atoms with E-state index in [9.17, 15) is 54.3 Å². The Kier molecular flexibility index (Phi) is 15.5. The zero-order valence-corrected chi connectivity index (χ0v) is 49.5. The van der Waals surface area contributed by atoms with Gasteiger partial charge in [0.2, 0.25) is 23.0 Å². The number of halogens is 10. The number of para-hydroxylation sites is 4. The predicted octanol–water partition coefficient (Wildman–Crippen LogP) is 14.4. The highest BCUT2D eigenvalue weighted by Crippen LogP contribution is 2.43. The number of esters is 4. The number of aliphatic imine (C=N–C) groups is 2. The summed E-state index contributed by atoms with van der Waals surface area (Å²) in [6.07, 6.45) is 3.17. The van der Waals surface area contributed by atoms with Crippen LogP contribution in [0, 0.1) is 46.5 Å². The smallest absolute Gasteiger partial charge is 0.343 e. The van der Waals surface area contributed by atoms with Crippen LogP contribution in [-0.4, -0.2) is 44.7 Å². The van der Waals surface area contributed by atoms with Crippen LogP contribution < -0.4 is 35.2 Å². The summed E-state index contributed by atoms with van der Waals surface area (Å²) < 4.78 is 142. The van der Waals surface area contributed by atoms with E-state index in [0.29, 0.717) is 66.6 Å². The van der Waals surface area contributed by atoms with E-state index in [0.717, 1.165) is 72.8 Å².